The molecule has 21 heavy (non-hydrogen) atoms. The monoisotopic (exact) mass is 369 g/mol. The van der Waals surface area contributed by atoms with Crippen molar-refractivity contribution in [1.29, 1.82) is 0 Å². The number of hydrogen-bond acceptors (Lipinski definition) is 4. The summed E-state index contributed by atoms with van der Waals surface area (Å²) in [6, 6.07) is 7.23. The molecule has 0 radical (unpaired) electrons. The topological polar surface area (TPSA) is 67.8 Å². The van der Waals surface area contributed by atoms with Gasteiger partial charge in [-0.2, -0.15) is 0 Å². The number of rotatable bonds is 7. The summed E-state index contributed by atoms with van der Waals surface area (Å²) in [7, 11) is 0. The summed E-state index contributed by atoms with van der Waals surface area (Å²) in [5.74, 6) is 0.280. The molecule has 0 aliphatic carbocycles. The van der Waals surface area contributed by atoms with Gasteiger partial charge in [-0.1, -0.05) is 53.2 Å². The van der Waals surface area contributed by atoms with Crippen LogP contribution in [0.4, 0.5) is 0 Å². The zero-order valence-electron chi connectivity index (χ0n) is 11.6. The predicted molar refractivity (Wildman–Crippen MR) is 87.0 cm³/mol. The molecule has 5 nitrogen and oxygen atoms in total. The van der Waals surface area contributed by atoms with E-state index < -0.39 is 0 Å². The van der Waals surface area contributed by atoms with E-state index in [-0.39, 0.29) is 17.2 Å². The number of unbranched alkanes of at least 4 members (excludes halogenated alkanes) is 1. The quantitative estimate of drug-likeness (QED) is 0.601. The number of H-pyrrole nitrogens is 1. The highest BCUT2D eigenvalue weighted by Gasteiger charge is 2.12. The van der Waals surface area contributed by atoms with Crippen LogP contribution in [0.2, 0.25) is 0 Å². The zero-order valence-corrected chi connectivity index (χ0v) is 14.0. The minimum atomic E-state index is -0.220. The Labute approximate surface area is 135 Å². The summed E-state index contributed by atoms with van der Waals surface area (Å²) in [5, 5.41) is 6.98. The van der Waals surface area contributed by atoms with E-state index >= 15 is 0 Å². The van der Waals surface area contributed by atoms with Gasteiger partial charge in [0, 0.05) is 16.6 Å². The van der Waals surface area contributed by atoms with Crippen LogP contribution in [0.3, 0.4) is 0 Å². The normalized spacial score (nSPS) is 10.8. The molecule has 1 heterocycles. The molecule has 2 rings (SSSR count). The van der Waals surface area contributed by atoms with Crippen molar-refractivity contribution in [2.45, 2.75) is 31.5 Å². The SMILES string of the molecule is CCCCn1c(SCC(=O)c2ccc(Br)cc2)n[nH]c1=O. The van der Waals surface area contributed by atoms with Crippen molar-refractivity contribution in [3.8, 4) is 0 Å². The second-order valence-electron chi connectivity index (χ2n) is 4.54. The molecule has 0 saturated carbocycles. The average Bonchev–Trinajstić information content (AvgIpc) is 2.83. The zero-order chi connectivity index (χ0) is 15.2. The molecule has 0 bridgehead atoms. The average molecular weight is 370 g/mol. The number of aromatic amines is 1. The van der Waals surface area contributed by atoms with Crippen molar-refractivity contribution in [3.63, 3.8) is 0 Å². The first-order valence-corrected chi connectivity index (χ1v) is 8.46. The first-order chi connectivity index (χ1) is 10.1. The molecule has 7 heteroatoms. The van der Waals surface area contributed by atoms with E-state index in [2.05, 4.69) is 33.1 Å². The second kappa shape index (κ2) is 7.61. The molecule has 0 fully saturated rings. The maximum Gasteiger partial charge on any atom is 0.343 e. The smallest absolute Gasteiger partial charge is 0.293 e. The maximum absolute atomic E-state index is 12.1. The standard InChI is InChI=1S/C14H16BrN3O2S/c1-2-3-8-18-13(20)16-17-14(18)21-9-12(19)10-4-6-11(15)7-5-10/h4-7H,2-3,8-9H2,1H3,(H,16,20). The van der Waals surface area contributed by atoms with E-state index in [1.54, 1.807) is 16.7 Å². The van der Waals surface area contributed by atoms with Crippen LogP contribution in [0, 0.1) is 0 Å². The van der Waals surface area contributed by atoms with Crippen LogP contribution in [0.25, 0.3) is 0 Å². The molecule has 1 aromatic carbocycles. The van der Waals surface area contributed by atoms with Gasteiger partial charge < -0.3 is 0 Å². The van der Waals surface area contributed by atoms with Gasteiger partial charge in [0.25, 0.3) is 0 Å². The maximum atomic E-state index is 12.1. The number of carbonyl (C=O) groups excluding carboxylic acids is 1. The van der Waals surface area contributed by atoms with E-state index in [4.69, 9.17) is 0 Å². The molecule has 1 N–H and O–H groups in total. The van der Waals surface area contributed by atoms with Gasteiger partial charge in [-0.15, -0.1) is 5.10 Å². The van der Waals surface area contributed by atoms with Gasteiger partial charge in [-0.25, -0.2) is 9.89 Å². The van der Waals surface area contributed by atoms with Crippen LogP contribution in [0.1, 0.15) is 30.1 Å². The molecule has 112 valence electrons. The number of aromatic nitrogens is 3. The lowest BCUT2D eigenvalue weighted by Crippen LogP contribution is -2.18. The highest BCUT2D eigenvalue weighted by Crippen LogP contribution is 2.17. The Morgan fingerprint density at radius 2 is 2.10 bits per heavy atom. The van der Waals surface area contributed by atoms with Crippen molar-refractivity contribution in [2.24, 2.45) is 0 Å². The minimum Gasteiger partial charge on any atom is -0.293 e. The summed E-state index contributed by atoms with van der Waals surface area (Å²) in [6.45, 7) is 2.69. The largest absolute Gasteiger partial charge is 0.343 e. The molecule has 0 aliphatic heterocycles. The third-order valence-electron chi connectivity index (χ3n) is 2.96. The Hall–Kier alpha value is -1.34. The Morgan fingerprint density at radius 3 is 2.76 bits per heavy atom. The number of Topliss-reactive ketones (excluding diaryl/α,β-unsaturated/α-hetero) is 1. The Balaban J connectivity index is 2.01. The van der Waals surface area contributed by atoms with Crippen molar-refractivity contribution in [2.75, 3.05) is 5.75 Å². The fraction of sp³-hybridized carbons (Fsp3) is 0.357. The first kappa shape index (κ1) is 16.0. The fourth-order valence-electron chi connectivity index (χ4n) is 1.78. The van der Waals surface area contributed by atoms with Crippen LogP contribution in [-0.4, -0.2) is 26.3 Å². The number of nitrogens with one attached hydrogen (secondary N) is 1. The Kier molecular flexibility index (Phi) is 5.81. The molecular formula is C14H16BrN3O2S. The third kappa shape index (κ3) is 4.31. The number of ketones is 1. The molecule has 0 spiro atoms. The van der Waals surface area contributed by atoms with Crippen LogP contribution in [0.5, 0.6) is 0 Å². The fourth-order valence-corrected chi connectivity index (χ4v) is 2.91. The summed E-state index contributed by atoms with van der Waals surface area (Å²) in [5.41, 5.74) is 0.436. The molecule has 0 saturated heterocycles. The molecule has 2 aromatic rings. The molecule has 0 atom stereocenters. The summed E-state index contributed by atoms with van der Waals surface area (Å²) >= 11 is 4.62. The van der Waals surface area contributed by atoms with Crippen molar-refractivity contribution < 1.29 is 4.79 Å². The van der Waals surface area contributed by atoms with Gasteiger partial charge in [-0.05, 0) is 18.6 Å². The third-order valence-corrected chi connectivity index (χ3v) is 4.46. The van der Waals surface area contributed by atoms with Crippen molar-refractivity contribution >= 4 is 33.5 Å². The van der Waals surface area contributed by atoms with Gasteiger partial charge in [0.2, 0.25) is 0 Å². The van der Waals surface area contributed by atoms with E-state index in [0.29, 0.717) is 17.3 Å². The van der Waals surface area contributed by atoms with Crippen LogP contribution in [-0.2, 0) is 6.54 Å². The molecule has 0 unspecified atom stereocenters. The lowest BCUT2D eigenvalue weighted by molar-refractivity contribution is 0.102. The van der Waals surface area contributed by atoms with Crippen molar-refractivity contribution in [3.05, 3.63) is 44.8 Å². The number of thioether (sulfide) groups is 1. The van der Waals surface area contributed by atoms with Gasteiger partial charge in [0.15, 0.2) is 10.9 Å². The number of hydrogen-bond donors (Lipinski definition) is 1. The van der Waals surface area contributed by atoms with Gasteiger partial charge in [-0.3, -0.25) is 9.36 Å². The molecular weight excluding hydrogens is 354 g/mol. The van der Waals surface area contributed by atoms with Crippen LogP contribution < -0.4 is 5.69 Å². The Morgan fingerprint density at radius 1 is 1.38 bits per heavy atom. The van der Waals surface area contributed by atoms with Crippen LogP contribution in [0.15, 0.2) is 38.7 Å². The number of halogens is 1. The summed E-state index contributed by atoms with van der Waals surface area (Å²) in [6.07, 6.45) is 1.91. The number of benzene rings is 1. The van der Waals surface area contributed by atoms with Gasteiger partial charge >= 0.3 is 5.69 Å². The van der Waals surface area contributed by atoms with Gasteiger partial charge in [0.1, 0.15) is 0 Å². The molecule has 1 aromatic heterocycles. The molecule has 0 aliphatic rings. The second-order valence-corrected chi connectivity index (χ2v) is 6.39. The predicted octanol–water partition coefficient (Wildman–Crippen LogP) is 3.11. The number of carbonyl (C=O) groups is 1. The first-order valence-electron chi connectivity index (χ1n) is 6.68. The Bertz CT molecular complexity index is 664. The van der Waals surface area contributed by atoms with E-state index in [0.717, 1.165) is 17.3 Å². The minimum absolute atomic E-state index is 0.0185. The van der Waals surface area contributed by atoms with E-state index in [1.165, 1.54) is 11.8 Å². The summed E-state index contributed by atoms with van der Waals surface area (Å²) < 4.78 is 2.52. The highest BCUT2D eigenvalue weighted by atomic mass is 79.9. The summed E-state index contributed by atoms with van der Waals surface area (Å²) in [4.78, 5) is 23.7. The highest BCUT2D eigenvalue weighted by molar-refractivity contribution is 9.10. The lowest BCUT2D eigenvalue weighted by atomic mass is 10.2. The number of nitrogens with zero attached hydrogens (tertiary/aromatic N) is 2. The van der Waals surface area contributed by atoms with E-state index in [9.17, 15) is 9.59 Å². The molecule has 0 amide bonds. The van der Waals surface area contributed by atoms with E-state index in [1.807, 2.05) is 12.1 Å². The van der Waals surface area contributed by atoms with Crippen molar-refractivity contribution in [1.82, 2.24) is 14.8 Å². The van der Waals surface area contributed by atoms with Gasteiger partial charge in [0.05, 0.1) is 5.75 Å². The lowest BCUT2D eigenvalue weighted by Gasteiger charge is -2.04. The van der Waals surface area contributed by atoms with Crippen LogP contribution >= 0.6 is 27.7 Å².